The van der Waals surface area contributed by atoms with Crippen LogP contribution in [0.4, 0.5) is 4.79 Å². The topological polar surface area (TPSA) is 108 Å². The lowest BCUT2D eigenvalue weighted by atomic mass is 10.0. The first kappa shape index (κ1) is 25.3. The third-order valence-corrected chi connectivity index (χ3v) is 4.37. The van der Waals surface area contributed by atoms with E-state index in [0.717, 1.165) is 12.8 Å². The number of nitrogens with zero attached hydrogens (tertiary/aromatic N) is 1. The first-order valence-corrected chi connectivity index (χ1v) is 10.3. The predicted octanol–water partition coefficient (Wildman–Crippen LogP) is 3.03. The Morgan fingerprint density at radius 3 is 2.37 bits per heavy atom. The first-order chi connectivity index (χ1) is 14.0. The largest absolute Gasteiger partial charge is 0.508 e. The summed E-state index contributed by atoms with van der Waals surface area (Å²) in [7, 11) is 0. The molecule has 0 aliphatic heterocycles. The third kappa shape index (κ3) is 7.93. The van der Waals surface area contributed by atoms with E-state index in [2.05, 4.69) is 10.6 Å². The fourth-order valence-corrected chi connectivity index (χ4v) is 2.87. The molecule has 1 aromatic carbocycles. The predicted molar refractivity (Wildman–Crippen MR) is 115 cm³/mol. The van der Waals surface area contributed by atoms with Crippen LogP contribution >= 0.6 is 0 Å². The lowest BCUT2D eigenvalue weighted by Gasteiger charge is -2.31. The molecule has 1 aromatic rings. The Labute approximate surface area is 179 Å². The Hall–Kier alpha value is -2.77. The number of ether oxygens (including phenoxy) is 1. The van der Waals surface area contributed by atoms with Gasteiger partial charge in [0, 0.05) is 13.1 Å². The van der Waals surface area contributed by atoms with Gasteiger partial charge in [-0.05, 0) is 64.3 Å². The fourth-order valence-electron chi connectivity index (χ4n) is 2.87. The van der Waals surface area contributed by atoms with Crippen LogP contribution in [0.25, 0.3) is 0 Å². The first-order valence-electron chi connectivity index (χ1n) is 10.3. The maximum absolute atomic E-state index is 13.0. The van der Waals surface area contributed by atoms with Gasteiger partial charge < -0.3 is 25.4 Å². The van der Waals surface area contributed by atoms with E-state index in [1.165, 1.54) is 11.0 Å². The number of carbonyl (C=O) groups excluding carboxylic acids is 3. The van der Waals surface area contributed by atoms with Crippen LogP contribution in [0.3, 0.4) is 0 Å². The Kier molecular flexibility index (Phi) is 9.62. The number of aromatic hydroxyl groups is 1. The molecule has 1 atom stereocenters. The van der Waals surface area contributed by atoms with Crippen molar-refractivity contribution in [2.24, 2.45) is 0 Å². The monoisotopic (exact) mass is 421 g/mol. The van der Waals surface area contributed by atoms with Crippen molar-refractivity contribution >= 4 is 17.9 Å². The van der Waals surface area contributed by atoms with Gasteiger partial charge in [0.25, 0.3) is 0 Å². The van der Waals surface area contributed by atoms with Crippen LogP contribution in [0.2, 0.25) is 0 Å². The van der Waals surface area contributed by atoms with Crippen molar-refractivity contribution in [3.63, 3.8) is 0 Å². The Bertz CT molecular complexity index is 743. The van der Waals surface area contributed by atoms with Crippen molar-refractivity contribution in [1.82, 2.24) is 15.5 Å². The number of carbonyl (C=O) groups is 3. The van der Waals surface area contributed by atoms with Crippen molar-refractivity contribution < 1.29 is 24.2 Å². The van der Waals surface area contributed by atoms with Crippen LogP contribution in [0.15, 0.2) is 18.2 Å². The van der Waals surface area contributed by atoms with Gasteiger partial charge in [0.05, 0.1) is 0 Å². The molecule has 168 valence electrons. The third-order valence-electron chi connectivity index (χ3n) is 4.37. The molecule has 0 aliphatic carbocycles. The molecule has 8 heteroatoms. The van der Waals surface area contributed by atoms with Crippen molar-refractivity contribution in [1.29, 1.82) is 0 Å². The average molecular weight is 422 g/mol. The summed E-state index contributed by atoms with van der Waals surface area (Å²) < 4.78 is 5.16. The molecule has 1 unspecified atom stereocenters. The summed E-state index contributed by atoms with van der Waals surface area (Å²) in [5, 5.41) is 15.2. The quantitative estimate of drug-likeness (QED) is 0.531. The second-order valence-corrected chi connectivity index (χ2v) is 8.13. The zero-order valence-electron chi connectivity index (χ0n) is 18.9. The smallest absolute Gasteiger partial charge is 0.408 e. The lowest BCUT2D eigenvalue weighted by Crippen LogP contribution is -2.47. The number of phenols is 1. The molecular formula is C22H35N3O5. The van der Waals surface area contributed by atoms with Crippen molar-refractivity contribution in [3.05, 3.63) is 29.3 Å². The average Bonchev–Trinajstić information content (AvgIpc) is 2.65. The zero-order valence-corrected chi connectivity index (χ0v) is 18.9. The van der Waals surface area contributed by atoms with E-state index in [9.17, 15) is 19.5 Å². The number of hydrogen-bond acceptors (Lipinski definition) is 5. The normalized spacial score (nSPS) is 12.1. The summed E-state index contributed by atoms with van der Waals surface area (Å²) in [4.78, 5) is 39.1. The highest BCUT2D eigenvalue weighted by molar-refractivity contribution is 5.90. The minimum absolute atomic E-state index is 0.116. The van der Waals surface area contributed by atoms with E-state index in [0.29, 0.717) is 17.7 Å². The summed E-state index contributed by atoms with van der Waals surface area (Å²) in [6.45, 7) is 11.2. The molecule has 0 radical (unpaired) electrons. The lowest BCUT2D eigenvalue weighted by molar-refractivity contribution is -0.140. The summed E-state index contributed by atoms with van der Waals surface area (Å²) in [5.74, 6) is -0.601. The van der Waals surface area contributed by atoms with Crippen LogP contribution in [-0.4, -0.2) is 53.1 Å². The summed E-state index contributed by atoms with van der Waals surface area (Å²) in [5.41, 5.74) is 0.518. The summed E-state index contributed by atoms with van der Waals surface area (Å²) in [6.07, 6.45) is 1.06. The molecule has 0 bridgehead atoms. The number of likely N-dealkylation sites (N-methyl/N-ethyl adjacent to an activating group) is 1. The van der Waals surface area contributed by atoms with Gasteiger partial charge in [0.1, 0.15) is 23.9 Å². The molecule has 0 aromatic heterocycles. The molecule has 0 saturated carbocycles. The number of aryl methyl sites for hydroxylation is 1. The van der Waals surface area contributed by atoms with Crippen LogP contribution in [0, 0.1) is 6.92 Å². The minimum Gasteiger partial charge on any atom is -0.508 e. The van der Waals surface area contributed by atoms with E-state index in [1.54, 1.807) is 46.8 Å². The van der Waals surface area contributed by atoms with Crippen molar-refractivity contribution in [3.8, 4) is 5.75 Å². The van der Waals surface area contributed by atoms with Gasteiger partial charge in [-0.15, -0.1) is 0 Å². The molecule has 30 heavy (non-hydrogen) atoms. The zero-order chi connectivity index (χ0) is 22.9. The molecule has 0 fully saturated rings. The Morgan fingerprint density at radius 1 is 1.17 bits per heavy atom. The molecule has 8 nitrogen and oxygen atoms in total. The van der Waals surface area contributed by atoms with Crippen molar-refractivity contribution in [2.45, 2.75) is 66.0 Å². The van der Waals surface area contributed by atoms with Gasteiger partial charge in [-0.25, -0.2) is 4.79 Å². The highest BCUT2D eigenvalue weighted by Crippen LogP contribution is 2.26. The Balaban J connectivity index is 3.05. The highest BCUT2D eigenvalue weighted by Gasteiger charge is 2.31. The van der Waals surface area contributed by atoms with Crippen LogP contribution < -0.4 is 10.6 Å². The van der Waals surface area contributed by atoms with Gasteiger partial charge in [0.2, 0.25) is 11.8 Å². The summed E-state index contributed by atoms with van der Waals surface area (Å²) in [6, 6.07) is 3.95. The number of hydrogen-bond donors (Lipinski definition) is 3. The second kappa shape index (κ2) is 11.4. The number of amides is 3. The standard InChI is InChI=1S/C22H35N3O5/c1-7-9-12-23-20(28)19(16-10-11-17(26)15(3)13-16)25(8-2)18(27)14-24-21(29)30-22(4,5)6/h10-11,13,19,26H,7-9,12,14H2,1-6H3,(H,23,28)(H,24,29). The molecule has 3 N–H and O–H groups in total. The molecule has 0 spiro atoms. The number of unbranched alkanes of at least 4 members (excludes halogenated alkanes) is 1. The van der Waals surface area contributed by atoms with E-state index in [1.807, 2.05) is 6.92 Å². The van der Waals surface area contributed by atoms with Gasteiger partial charge >= 0.3 is 6.09 Å². The van der Waals surface area contributed by atoms with Gasteiger partial charge in [0.15, 0.2) is 0 Å². The summed E-state index contributed by atoms with van der Waals surface area (Å²) >= 11 is 0. The van der Waals surface area contributed by atoms with E-state index in [4.69, 9.17) is 4.74 Å². The van der Waals surface area contributed by atoms with Crippen LogP contribution in [0.5, 0.6) is 5.75 Å². The molecule has 3 amide bonds. The van der Waals surface area contributed by atoms with Crippen LogP contribution in [-0.2, 0) is 14.3 Å². The van der Waals surface area contributed by atoms with Gasteiger partial charge in [-0.2, -0.15) is 0 Å². The van der Waals surface area contributed by atoms with E-state index < -0.39 is 23.6 Å². The number of rotatable bonds is 9. The van der Waals surface area contributed by atoms with Crippen LogP contribution in [0.1, 0.15) is 64.6 Å². The number of benzene rings is 1. The Morgan fingerprint density at radius 2 is 1.83 bits per heavy atom. The number of nitrogens with one attached hydrogen (secondary N) is 2. The fraction of sp³-hybridized carbons (Fsp3) is 0.591. The van der Waals surface area contributed by atoms with Gasteiger partial charge in [-0.3, -0.25) is 9.59 Å². The maximum Gasteiger partial charge on any atom is 0.408 e. The molecular weight excluding hydrogens is 386 g/mol. The SMILES string of the molecule is CCCCNC(=O)C(c1ccc(O)c(C)c1)N(CC)C(=O)CNC(=O)OC(C)(C)C. The van der Waals surface area contributed by atoms with E-state index in [-0.39, 0.29) is 24.7 Å². The van der Waals surface area contributed by atoms with Gasteiger partial charge in [-0.1, -0.05) is 19.4 Å². The molecule has 0 heterocycles. The van der Waals surface area contributed by atoms with Crippen molar-refractivity contribution in [2.75, 3.05) is 19.6 Å². The molecule has 0 saturated heterocycles. The van der Waals surface area contributed by atoms with E-state index >= 15 is 0 Å². The minimum atomic E-state index is -0.876. The number of alkyl carbamates (subject to hydrolysis) is 1. The molecule has 1 rings (SSSR count). The maximum atomic E-state index is 13.0. The highest BCUT2D eigenvalue weighted by atomic mass is 16.6. The molecule has 0 aliphatic rings. The number of phenolic OH excluding ortho intramolecular Hbond substituents is 1. The second-order valence-electron chi connectivity index (χ2n) is 8.13.